The number of benzene rings is 2. The van der Waals surface area contributed by atoms with E-state index in [1.165, 1.54) is 0 Å². The molecular weight excluding hydrogens is 326 g/mol. The van der Waals surface area contributed by atoms with Gasteiger partial charge in [0.1, 0.15) is 5.75 Å². The zero-order valence-corrected chi connectivity index (χ0v) is 15.4. The first-order valence-electron chi connectivity index (χ1n) is 8.82. The number of carbonyl (C=O) groups is 1. The van der Waals surface area contributed by atoms with Crippen molar-refractivity contribution in [3.63, 3.8) is 0 Å². The maximum absolute atomic E-state index is 12.7. The van der Waals surface area contributed by atoms with Crippen molar-refractivity contribution in [2.24, 2.45) is 0 Å². The molecule has 0 amide bonds. The van der Waals surface area contributed by atoms with E-state index in [4.69, 9.17) is 9.47 Å². The Morgan fingerprint density at radius 2 is 1.81 bits per heavy atom. The summed E-state index contributed by atoms with van der Waals surface area (Å²) >= 11 is 0. The summed E-state index contributed by atoms with van der Waals surface area (Å²) in [4.78, 5) is 17.3. The van der Waals surface area contributed by atoms with Crippen LogP contribution in [0.2, 0.25) is 0 Å². The SMILES string of the molecule is CCc1nc2ccccc2c(C)c1C(=O)OCCc1ccc(OC)cc1. The Hall–Kier alpha value is -2.88. The zero-order valence-electron chi connectivity index (χ0n) is 15.4. The first-order valence-corrected chi connectivity index (χ1v) is 8.82. The van der Waals surface area contributed by atoms with Crippen molar-refractivity contribution in [2.45, 2.75) is 26.7 Å². The van der Waals surface area contributed by atoms with E-state index < -0.39 is 0 Å². The van der Waals surface area contributed by atoms with Crippen LogP contribution in [0, 0.1) is 6.92 Å². The molecule has 0 unspecified atom stereocenters. The number of methoxy groups -OCH3 is 1. The summed E-state index contributed by atoms with van der Waals surface area (Å²) in [6, 6.07) is 15.7. The van der Waals surface area contributed by atoms with Crippen molar-refractivity contribution in [1.29, 1.82) is 0 Å². The number of ether oxygens (including phenoxy) is 2. The highest BCUT2D eigenvalue weighted by atomic mass is 16.5. The van der Waals surface area contributed by atoms with Gasteiger partial charge in [-0.15, -0.1) is 0 Å². The van der Waals surface area contributed by atoms with Gasteiger partial charge in [0.15, 0.2) is 0 Å². The number of hydrogen-bond donors (Lipinski definition) is 0. The van der Waals surface area contributed by atoms with E-state index in [9.17, 15) is 4.79 Å². The van der Waals surface area contributed by atoms with Crippen LogP contribution in [0.15, 0.2) is 48.5 Å². The second kappa shape index (κ2) is 8.00. The number of aryl methyl sites for hydroxylation is 2. The third kappa shape index (κ3) is 3.69. The van der Waals surface area contributed by atoms with Gasteiger partial charge in [0.25, 0.3) is 0 Å². The summed E-state index contributed by atoms with van der Waals surface area (Å²) in [6.45, 7) is 4.30. The molecule has 0 saturated carbocycles. The Balaban J connectivity index is 1.75. The lowest BCUT2D eigenvalue weighted by Gasteiger charge is -2.13. The van der Waals surface area contributed by atoms with Crippen LogP contribution in [-0.4, -0.2) is 24.7 Å². The van der Waals surface area contributed by atoms with Gasteiger partial charge < -0.3 is 9.47 Å². The minimum absolute atomic E-state index is 0.300. The molecule has 0 atom stereocenters. The standard InChI is InChI=1S/C22H23NO3/c1-4-19-21(15(2)18-7-5-6-8-20(18)23-19)22(24)26-14-13-16-9-11-17(25-3)12-10-16/h5-12H,4,13-14H2,1-3H3. The quantitative estimate of drug-likeness (QED) is 0.614. The number of aromatic nitrogens is 1. The van der Waals surface area contributed by atoms with Gasteiger partial charge in [0.2, 0.25) is 0 Å². The molecule has 0 aliphatic rings. The van der Waals surface area contributed by atoms with Gasteiger partial charge in [-0.3, -0.25) is 4.98 Å². The van der Waals surface area contributed by atoms with Crippen LogP contribution < -0.4 is 4.74 Å². The molecular formula is C22H23NO3. The fraction of sp³-hybridized carbons (Fsp3) is 0.273. The maximum atomic E-state index is 12.7. The van der Waals surface area contributed by atoms with E-state index in [1.807, 2.05) is 62.4 Å². The number of para-hydroxylation sites is 1. The van der Waals surface area contributed by atoms with Crippen LogP contribution in [0.25, 0.3) is 10.9 Å². The molecule has 0 saturated heterocycles. The number of fused-ring (bicyclic) bond motifs is 1. The molecule has 0 aliphatic heterocycles. The summed E-state index contributed by atoms with van der Waals surface area (Å²) in [6.07, 6.45) is 1.35. The molecule has 0 bridgehead atoms. The smallest absolute Gasteiger partial charge is 0.340 e. The lowest BCUT2D eigenvalue weighted by molar-refractivity contribution is 0.0507. The molecule has 0 aliphatic carbocycles. The minimum Gasteiger partial charge on any atom is -0.497 e. The Morgan fingerprint density at radius 3 is 2.50 bits per heavy atom. The molecule has 3 aromatic rings. The molecule has 3 rings (SSSR count). The molecule has 134 valence electrons. The summed E-state index contributed by atoms with van der Waals surface area (Å²) in [5, 5.41) is 0.992. The number of pyridine rings is 1. The fourth-order valence-electron chi connectivity index (χ4n) is 3.09. The van der Waals surface area contributed by atoms with Gasteiger partial charge in [-0.25, -0.2) is 4.79 Å². The second-order valence-corrected chi connectivity index (χ2v) is 6.16. The molecule has 0 radical (unpaired) electrons. The number of esters is 1. The Bertz CT molecular complexity index is 917. The zero-order chi connectivity index (χ0) is 18.5. The van der Waals surface area contributed by atoms with E-state index >= 15 is 0 Å². The van der Waals surface area contributed by atoms with Crippen LogP contribution in [0.3, 0.4) is 0 Å². The largest absolute Gasteiger partial charge is 0.497 e. The van der Waals surface area contributed by atoms with Gasteiger partial charge >= 0.3 is 5.97 Å². The molecule has 4 heteroatoms. The molecule has 4 nitrogen and oxygen atoms in total. The van der Waals surface area contributed by atoms with Crippen LogP contribution in [0.1, 0.15) is 34.1 Å². The van der Waals surface area contributed by atoms with Crippen LogP contribution >= 0.6 is 0 Å². The van der Waals surface area contributed by atoms with Crippen LogP contribution in [0.4, 0.5) is 0 Å². The van der Waals surface area contributed by atoms with Gasteiger partial charge in [-0.1, -0.05) is 37.3 Å². The van der Waals surface area contributed by atoms with Crippen molar-refractivity contribution in [3.05, 3.63) is 70.9 Å². The lowest BCUT2D eigenvalue weighted by atomic mass is 10.0. The maximum Gasteiger partial charge on any atom is 0.340 e. The predicted octanol–water partition coefficient (Wildman–Crippen LogP) is 4.51. The van der Waals surface area contributed by atoms with Crippen molar-refractivity contribution in [1.82, 2.24) is 4.98 Å². The van der Waals surface area contributed by atoms with Gasteiger partial charge in [0, 0.05) is 11.8 Å². The Morgan fingerprint density at radius 1 is 1.08 bits per heavy atom. The molecule has 0 spiro atoms. The summed E-state index contributed by atoms with van der Waals surface area (Å²) in [7, 11) is 1.64. The average molecular weight is 349 g/mol. The first kappa shape index (κ1) is 17.9. The third-order valence-corrected chi connectivity index (χ3v) is 4.55. The Kier molecular flexibility index (Phi) is 5.52. The first-order chi connectivity index (χ1) is 12.6. The van der Waals surface area contributed by atoms with E-state index in [0.29, 0.717) is 25.0 Å². The van der Waals surface area contributed by atoms with Crippen molar-refractivity contribution >= 4 is 16.9 Å². The highest BCUT2D eigenvalue weighted by Crippen LogP contribution is 2.24. The van der Waals surface area contributed by atoms with Gasteiger partial charge in [-0.2, -0.15) is 0 Å². The molecule has 1 aromatic heterocycles. The van der Waals surface area contributed by atoms with E-state index in [-0.39, 0.29) is 5.97 Å². The normalized spacial score (nSPS) is 10.7. The summed E-state index contributed by atoms with van der Waals surface area (Å²) < 4.78 is 10.7. The highest BCUT2D eigenvalue weighted by molar-refractivity contribution is 5.98. The lowest BCUT2D eigenvalue weighted by Crippen LogP contribution is -2.14. The van der Waals surface area contributed by atoms with Crippen LogP contribution in [0.5, 0.6) is 5.75 Å². The van der Waals surface area contributed by atoms with E-state index in [2.05, 4.69) is 4.98 Å². The number of nitrogens with zero attached hydrogens (tertiary/aromatic N) is 1. The van der Waals surface area contributed by atoms with Crippen molar-refractivity contribution in [3.8, 4) is 5.75 Å². The fourth-order valence-corrected chi connectivity index (χ4v) is 3.09. The van der Waals surface area contributed by atoms with Crippen molar-refractivity contribution in [2.75, 3.05) is 13.7 Å². The molecule has 2 aromatic carbocycles. The molecule has 0 N–H and O–H groups in total. The monoisotopic (exact) mass is 349 g/mol. The number of hydrogen-bond acceptors (Lipinski definition) is 4. The van der Waals surface area contributed by atoms with E-state index in [1.54, 1.807) is 7.11 Å². The van der Waals surface area contributed by atoms with Gasteiger partial charge in [0.05, 0.1) is 30.5 Å². The third-order valence-electron chi connectivity index (χ3n) is 4.55. The predicted molar refractivity (Wildman–Crippen MR) is 103 cm³/mol. The number of carbonyl (C=O) groups excluding carboxylic acids is 1. The van der Waals surface area contributed by atoms with Gasteiger partial charge in [-0.05, 0) is 42.7 Å². The molecule has 1 heterocycles. The van der Waals surface area contributed by atoms with Crippen molar-refractivity contribution < 1.29 is 14.3 Å². The molecule has 0 fully saturated rings. The Labute approximate surface area is 153 Å². The second-order valence-electron chi connectivity index (χ2n) is 6.16. The van der Waals surface area contributed by atoms with E-state index in [0.717, 1.165) is 33.5 Å². The summed E-state index contributed by atoms with van der Waals surface area (Å²) in [5.74, 6) is 0.516. The summed E-state index contributed by atoms with van der Waals surface area (Å²) in [5.41, 5.74) is 4.33. The highest BCUT2D eigenvalue weighted by Gasteiger charge is 2.19. The minimum atomic E-state index is -0.300. The molecule has 26 heavy (non-hydrogen) atoms. The van der Waals surface area contributed by atoms with Crippen LogP contribution in [-0.2, 0) is 17.6 Å². The average Bonchev–Trinajstić information content (AvgIpc) is 2.68. The topological polar surface area (TPSA) is 48.4 Å². The number of rotatable bonds is 6.